The molecule has 0 radical (unpaired) electrons. The second kappa shape index (κ2) is 13.6. The maximum absolute atomic E-state index is 14.1. The Labute approximate surface area is 251 Å². The van der Waals surface area contributed by atoms with Gasteiger partial charge in [0.25, 0.3) is 0 Å². The van der Waals surface area contributed by atoms with E-state index in [4.69, 9.17) is 0 Å². The normalized spacial score (nSPS) is 14.5. The summed E-state index contributed by atoms with van der Waals surface area (Å²) in [6, 6.07) is 23.7. The van der Waals surface area contributed by atoms with E-state index in [2.05, 4.69) is 27.9 Å². The average molecular weight is 674 g/mol. The fourth-order valence-corrected chi connectivity index (χ4v) is 6.36. The highest BCUT2D eigenvalue weighted by Crippen LogP contribution is 2.23. The predicted octanol–water partition coefficient (Wildman–Crippen LogP) is 5.06. The number of nitrogens with zero attached hydrogens (tertiary/aromatic N) is 2. The zero-order chi connectivity index (χ0) is 28.7. The van der Waals surface area contributed by atoms with Crippen LogP contribution in [-0.4, -0.2) is 50.0 Å². The molecule has 2 amide bonds. The summed E-state index contributed by atoms with van der Waals surface area (Å²) in [5, 5.41) is 3.19. The van der Waals surface area contributed by atoms with E-state index in [0.29, 0.717) is 12.1 Å². The summed E-state index contributed by atoms with van der Waals surface area (Å²) < 4.78 is 27.8. The molecule has 1 N–H and O–H groups in total. The van der Waals surface area contributed by atoms with Crippen LogP contribution in [-0.2, 0) is 32.6 Å². The molecule has 0 saturated heterocycles. The predicted molar refractivity (Wildman–Crippen MR) is 167 cm³/mol. The first-order valence-corrected chi connectivity index (χ1v) is 16.5. The Morgan fingerprint density at radius 3 is 2.23 bits per heavy atom. The van der Waals surface area contributed by atoms with Crippen LogP contribution in [0.5, 0.6) is 0 Å². The van der Waals surface area contributed by atoms with Gasteiger partial charge < -0.3 is 10.2 Å². The lowest BCUT2D eigenvalue weighted by Crippen LogP contribution is -2.54. The quantitative estimate of drug-likeness (QED) is 0.289. The van der Waals surface area contributed by atoms with Crippen molar-refractivity contribution in [3.63, 3.8) is 0 Å². The number of rotatable bonds is 11. The molecule has 9 heteroatoms. The van der Waals surface area contributed by atoms with Crippen molar-refractivity contribution in [3.8, 4) is 0 Å². The van der Waals surface area contributed by atoms with E-state index in [1.54, 1.807) is 29.2 Å². The summed E-state index contributed by atoms with van der Waals surface area (Å²) in [6.07, 6.45) is 5.39. The molecule has 0 aliphatic heterocycles. The molecule has 0 spiro atoms. The van der Waals surface area contributed by atoms with Crippen molar-refractivity contribution in [1.29, 1.82) is 0 Å². The molecule has 4 rings (SSSR count). The van der Waals surface area contributed by atoms with Crippen molar-refractivity contribution < 1.29 is 18.0 Å². The molecule has 0 unspecified atom stereocenters. The first kappa shape index (κ1) is 30.0. The van der Waals surface area contributed by atoms with Crippen molar-refractivity contribution in [1.82, 2.24) is 10.2 Å². The third-order valence-electron chi connectivity index (χ3n) is 7.20. The molecule has 1 fully saturated rings. The van der Waals surface area contributed by atoms with Gasteiger partial charge >= 0.3 is 0 Å². The lowest BCUT2D eigenvalue weighted by molar-refractivity contribution is -0.140. The van der Waals surface area contributed by atoms with Crippen LogP contribution < -0.4 is 9.62 Å². The Morgan fingerprint density at radius 1 is 0.950 bits per heavy atom. The Hall–Kier alpha value is -2.92. The zero-order valence-electron chi connectivity index (χ0n) is 22.9. The third kappa shape index (κ3) is 8.30. The number of carbonyl (C=O) groups is 2. The molecule has 1 aliphatic rings. The summed E-state index contributed by atoms with van der Waals surface area (Å²) in [6.45, 7) is 1.75. The van der Waals surface area contributed by atoms with Gasteiger partial charge in [-0.3, -0.25) is 13.9 Å². The van der Waals surface area contributed by atoms with E-state index in [0.717, 1.165) is 56.5 Å². The molecule has 3 aromatic carbocycles. The summed E-state index contributed by atoms with van der Waals surface area (Å²) in [5.41, 5.74) is 3.24. The molecule has 1 atom stereocenters. The molecule has 1 aliphatic carbocycles. The van der Waals surface area contributed by atoms with Crippen molar-refractivity contribution >= 4 is 50.1 Å². The van der Waals surface area contributed by atoms with Crippen LogP contribution in [0.1, 0.15) is 42.4 Å². The fraction of sp³-hybridized carbons (Fsp3) is 0.355. The summed E-state index contributed by atoms with van der Waals surface area (Å²) >= 11 is 2.15. The maximum Gasteiger partial charge on any atom is 0.244 e. The summed E-state index contributed by atoms with van der Waals surface area (Å²) in [5.74, 6) is -0.648. The van der Waals surface area contributed by atoms with Crippen molar-refractivity contribution in [2.45, 2.75) is 57.7 Å². The lowest BCUT2D eigenvalue weighted by atomic mass is 10.0. The van der Waals surface area contributed by atoms with Gasteiger partial charge in [0.1, 0.15) is 12.6 Å². The lowest BCUT2D eigenvalue weighted by Gasteiger charge is -2.34. The molecule has 1 saturated carbocycles. The van der Waals surface area contributed by atoms with Gasteiger partial charge in [-0.05, 0) is 77.7 Å². The number of halogens is 1. The molecule has 0 aromatic heterocycles. The third-order valence-corrected chi connectivity index (χ3v) is 9.06. The van der Waals surface area contributed by atoms with Gasteiger partial charge in [0.05, 0.1) is 11.9 Å². The Morgan fingerprint density at radius 2 is 1.60 bits per heavy atom. The first-order valence-electron chi connectivity index (χ1n) is 13.5. The van der Waals surface area contributed by atoms with Crippen LogP contribution in [0.2, 0.25) is 0 Å². The van der Waals surface area contributed by atoms with Crippen LogP contribution in [0.15, 0.2) is 78.9 Å². The van der Waals surface area contributed by atoms with Crippen LogP contribution in [0.4, 0.5) is 5.69 Å². The van der Waals surface area contributed by atoms with Crippen molar-refractivity contribution in [2.24, 2.45) is 0 Å². The van der Waals surface area contributed by atoms with Gasteiger partial charge in [0.2, 0.25) is 21.8 Å². The van der Waals surface area contributed by atoms with Crippen LogP contribution >= 0.6 is 22.6 Å². The molecule has 3 aromatic rings. The topological polar surface area (TPSA) is 86.8 Å². The number of amides is 2. The van der Waals surface area contributed by atoms with Gasteiger partial charge in [-0.2, -0.15) is 0 Å². The molecular weight excluding hydrogens is 637 g/mol. The number of nitrogens with one attached hydrogen (secondary N) is 1. The first-order chi connectivity index (χ1) is 19.1. The minimum absolute atomic E-state index is 0.0843. The zero-order valence-corrected chi connectivity index (χ0v) is 25.9. The highest BCUT2D eigenvalue weighted by Gasteiger charge is 2.34. The number of sulfonamides is 1. The Kier molecular flexibility index (Phi) is 10.2. The molecule has 40 heavy (non-hydrogen) atoms. The van der Waals surface area contributed by atoms with Gasteiger partial charge in [0.15, 0.2) is 0 Å². The minimum atomic E-state index is -3.78. The van der Waals surface area contributed by atoms with Crippen LogP contribution in [0.25, 0.3) is 0 Å². The highest BCUT2D eigenvalue weighted by molar-refractivity contribution is 14.1. The van der Waals surface area contributed by atoms with Crippen LogP contribution in [0.3, 0.4) is 0 Å². The number of benzene rings is 3. The monoisotopic (exact) mass is 673 g/mol. The van der Waals surface area contributed by atoms with E-state index in [1.807, 2.05) is 61.5 Å². The van der Waals surface area contributed by atoms with E-state index in [9.17, 15) is 18.0 Å². The molecular formula is C31H36IN3O4S. The fourth-order valence-electron chi connectivity index (χ4n) is 5.15. The van der Waals surface area contributed by atoms with E-state index in [1.165, 1.54) is 0 Å². The average Bonchev–Trinajstić information content (AvgIpc) is 3.43. The van der Waals surface area contributed by atoms with Crippen molar-refractivity contribution in [2.75, 3.05) is 17.1 Å². The number of aryl methyl sites for hydroxylation is 1. The molecule has 0 bridgehead atoms. The minimum Gasteiger partial charge on any atom is -0.352 e. The summed E-state index contributed by atoms with van der Waals surface area (Å²) in [4.78, 5) is 29.6. The maximum atomic E-state index is 14.1. The number of carbonyl (C=O) groups excluding carboxylic acids is 2. The number of anilines is 1. The van der Waals surface area contributed by atoms with Gasteiger partial charge in [-0.25, -0.2) is 8.42 Å². The molecule has 212 valence electrons. The van der Waals surface area contributed by atoms with Gasteiger partial charge in [-0.1, -0.05) is 73.0 Å². The van der Waals surface area contributed by atoms with Crippen molar-refractivity contribution in [3.05, 3.63) is 99.1 Å². The highest BCUT2D eigenvalue weighted by atomic mass is 127. The molecule has 0 heterocycles. The smallest absolute Gasteiger partial charge is 0.244 e. The molecule has 7 nitrogen and oxygen atoms in total. The summed E-state index contributed by atoms with van der Waals surface area (Å²) in [7, 11) is -3.78. The van der Waals surface area contributed by atoms with Crippen LogP contribution in [0, 0.1) is 10.5 Å². The SMILES string of the molecule is Cc1cccc(CN(C(=O)CN(c2ccc(I)cc2)S(C)(=O)=O)[C@@H](Cc2ccccc2)C(=O)NC2CCCC2)c1. The van der Waals surface area contributed by atoms with E-state index >= 15 is 0 Å². The second-order valence-electron chi connectivity index (χ2n) is 10.5. The van der Waals surface area contributed by atoms with E-state index < -0.39 is 28.5 Å². The standard InChI is InChI=1S/C31H36IN3O4S/c1-23-9-8-12-25(19-23)21-34(30(36)22-35(40(2,38)39)28-17-15-26(32)16-18-28)29(20-24-10-4-3-5-11-24)31(37)33-27-13-6-7-14-27/h3-5,8-12,15-19,27,29H,6-7,13-14,20-22H2,1-2H3,(H,33,37)/t29-/m0/s1. The number of hydrogen-bond acceptors (Lipinski definition) is 4. The second-order valence-corrected chi connectivity index (χ2v) is 13.6. The number of hydrogen-bond donors (Lipinski definition) is 1. The Bertz CT molecular complexity index is 1410. The Balaban J connectivity index is 1.72. The largest absolute Gasteiger partial charge is 0.352 e. The van der Waals surface area contributed by atoms with E-state index in [-0.39, 0.29) is 18.5 Å². The van der Waals surface area contributed by atoms with Gasteiger partial charge in [0, 0.05) is 22.6 Å². The van der Waals surface area contributed by atoms with Gasteiger partial charge in [-0.15, -0.1) is 0 Å².